The number of carbonyl (C=O) groups excluding carboxylic acids is 3. The first-order valence-electron chi connectivity index (χ1n) is 13.1. The Morgan fingerprint density at radius 2 is 1.80 bits per heavy atom. The van der Waals surface area contributed by atoms with Crippen LogP contribution < -0.4 is 35.7 Å². The summed E-state index contributed by atoms with van der Waals surface area (Å²) in [6.07, 6.45) is 3.73. The van der Waals surface area contributed by atoms with Gasteiger partial charge in [-0.15, -0.1) is 0 Å². The zero-order valence-electron chi connectivity index (χ0n) is 22.7. The Morgan fingerprint density at radius 3 is 2.49 bits per heavy atom. The van der Waals surface area contributed by atoms with Crippen LogP contribution in [0.5, 0.6) is 23.0 Å². The average Bonchev–Trinajstić information content (AvgIpc) is 3.73. The number of carbonyl (C=O) groups is 3. The molecule has 0 saturated heterocycles. The molecule has 1 aliphatic heterocycles. The lowest BCUT2D eigenvalue weighted by atomic mass is 10.0. The quantitative estimate of drug-likeness (QED) is 0.326. The zero-order valence-corrected chi connectivity index (χ0v) is 23.5. The Hall–Kier alpha value is -4.52. The van der Waals surface area contributed by atoms with Crippen LogP contribution in [-0.4, -0.2) is 54.0 Å². The van der Waals surface area contributed by atoms with Crippen LogP contribution in [0.2, 0.25) is 0 Å². The molecule has 5 N–H and O–H groups in total. The molecule has 13 heteroatoms. The van der Waals surface area contributed by atoms with Gasteiger partial charge in [0.2, 0.25) is 12.7 Å². The molecule has 5 rings (SSSR count). The van der Waals surface area contributed by atoms with Gasteiger partial charge < -0.3 is 40.6 Å². The van der Waals surface area contributed by atoms with E-state index >= 15 is 0 Å². The smallest absolute Gasteiger partial charge is 0.270 e. The average molecular weight is 582 g/mol. The highest BCUT2D eigenvalue weighted by Gasteiger charge is 2.37. The standard InChI is InChI=1S/C28H31N5O7S/c1-37-18-10-8-16(12-20(18)38-2)24(27(35)31-17-5-3-4-6-17)33(13-15-7-9-19-21(11-15)40-14-39-19)28(36)25-22(29)23(26(30)34)32-41-25/h7-12,17,24H,3-6,13-14,29H2,1-2H3,(H2,30,34)(H,31,35). The topological polar surface area (TPSA) is 168 Å². The largest absolute Gasteiger partial charge is 0.493 e. The van der Waals surface area contributed by atoms with Crippen molar-refractivity contribution in [1.82, 2.24) is 14.6 Å². The summed E-state index contributed by atoms with van der Waals surface area (Å²) in [4.78, 5) is 41.6. The Bertz CT molecular complexity index is 1470. The number of nitrogens with zero attached hydrogens (tertiary/aromatic N) is 2. The second kappa shape index (κ2) is 11.9. The summed E-state index contributed by atoms with van der Waals surface area (Å²) >= 11 is 0.754. The molecule has 1 fully saturated rings. The molecule has 0 bridgehead atoms. The first-order valence-corrected chi connectivity index (χ1v) is 13.8. The molecular formula is C28H31N5O7S. The second-order valence-electron chi connectivity index (χ2n) is 9.77. The maximum Gasteiger partial charge on any atom is 0.270 e. The molecule has 41 heavy (non-hydrogen) atoms. The van der Waals surface area contributed by atoms with Crippen molar-refractivity contribution < 1.29 is 33.3 Å². The fraction of sp³-hybridized carbons (Fsp3) is 0.357. The Morgan fingerprint density at radius 1 is 1.07 bits per heavy atom. The Labute approximate surface area is 240 Å². The van der Waals surface area contributed by atoms with Gasteiger partial charge in [-0.1, -0.05) is 25.0 Å². The summed E-state index contributed by atoms with van der Waals surface area (Å²) in [5.41, 5.74) is 12.4. The summed E-state index contributed by atoms with van der Waals surface area (Å²) in [6, 6.07) is 9.24. The number of nitrogen functional groups attached to an aromatic ring is 1. The third-order valence-corrected chi connectivity index (χ3v) is 8.04. The lowest BCUT2D eigenvalue weighted by molar-refractivity contribution is -0.126. The van der Waals surface area contributed by atoms with E-state index in [-0.39, 0.29) is 41.5 Å². The number of nitrogens with two attached hydrogens (primary N) is 2. The van der Waals surface area contributed by atoms with E-state index in [1.54, 1.807) is 36.4 Å². The summed E-state index contributed by atoms with van der Waals surface area (Å²) in [5, 5.41) is 3.13. The molecule has 3 aromatic rings. The molecule has 2 aliphatic rings. The van der Waals surface area contributed by atoms with Crippen LogP contribution in [0.3, 0.4) is 0 Å². The van der Waals surface area contributed by atoms with Crippen LogP contribution in [0.25, 0.3) is 0 Å². The number of primary amides is 1. The van der Waals surface area contributed by atoms with Gasteiger partial charge in [0, 0.05) is 12.6 Å². The van der Waals surface area contributed by atoms with Crippen molar-refractivity contribution in [3.05, 3.63) is 58.1 Å². The summed E-state index contributed by atoms with van der Waals surface area (Å²) in [7, 11) is 3.01. The fourth-order valence-electron chi connectivity index (χ4n) is 5.12. The zero-order chi connectivity index (χ0) is 29.1. The molecule has 2 heterocycles. The first kappa shape index (κ1) is 28.0. The predicted octanol–water partition coefficient (Wildman–Crippen LogP) is 3.01. The van der Waals surface area contributed by atoms with Gasteiger partial charge in [0.1, 0.15) is 10.9 Å². The number of hydrogen-bond donors (Lipinski definition) is 3. The van der Waals surface area contributed by atoms with E-state index in [1.807, 2.05) is 0 Å². The number of nitrogens with one attached hydrogen (secondary N) is 1. The minimum absolute atomic E-state index is 0.00122. The van der Waals surface area contributed by atoms with Gasteiger partial charge in [-0.3, -0.25) is 14.4 Å². The van der Waals surface area contributed by atoms with Crippen LogP contribution in [-0.2, 0) is 11.3 Å². The van der Waals surface area contributed by atoms with Crippen molar-refractivity contribution in [2.45, 2.75) is 44.3 Å². The molecule has 1 atom stereocenters. The second-order valence-corrected chi connectivity index (χ2v) is 10.5. The SMILES string of the molecule is COc1ccc(C(C(=O)NC2CCCC2)N(Cc2ccc3c(c2)OCO3)C(=O)c2snc(C(N)=O)c2N)cc1OC. The number of methoxy groups -OCH3 is 2. The van der Waals surface area contributed by atoms with Crippen molar-refractivity contribution in [3.63, 3.8) is 0 Å². The maximum atomic E-state index is 14.2. The third-order valence-electron chi connectivity index (χ3n) is 7.19. The molecule has 12 nitrogen and oxygen atoms in total. The highest BCUT2D eigenvalue weighted by molar-refractivity contribution is 7.09. The first-order chi connectivity index (χ1) is 19.8. The monoisotopic (exact) mass is 581 g/mol. The van der Waals surface area contributed by atoms with Gasteiger partial charge in [0.25, 0.3) is 11.8 Å². The van der Waals surface area contributed by atoms with Crippen LogP contribution in [0.15, 0.2) is 36.4 Å². The van der Waals surface area contributed by atoms with Gasteiger partial charge in [0.15, 0.2) is 28.7 Å². The number of benzene rings is 2. The fourth-order valence-corrected chi connectivity index (χ4v) is 5.88. The minimum Gasteiger partial charge on any atom is -0.493 e. The molecule has 1 aromatic heterocycles. The van der Waals surface area contributed by atoms with Crippen molar-refractivity contribution in [1.29, 1.82) is 0 Å². The number of rotatable bonds is 10. The molecule has 3 amide bonds. The highest BCUT2D eigenvalue weighted by atomic mass is 32.1. The van der Waals surface area contributed by atoms with Crippen LogP contribution >= 0.6 is 11.5 Å². The van der Waals surface area contributed by atoms with Gasteiger partial charge in [-0.2, -0.15) is 4.37 Å². The summed E-state index contributed by atoms with van der Waals surface area (Å²) in [5.74, 6) is 0.171. The van der Waals surface area contributed by atoms with E-state index < -0.39 is 17.9 Å². The molecule has 0 radical (unpaired) electrons. The molecule has 216 valence electrons. The van der Waals surface area contributed by atoms with Crippen molar-refractivity contribution in [2.24, 2.45) is 5.73 Å². The minimum atomic E-state index is -1.10. The number of ether oxygens (including phenoxy) is 4. The van der Waals surface area contributed by atoms with Crippen molar-refractivity contribution >= 4 is 34.9 Å². The number of anilines is 1. The number of fused-ring (bicyclic) bond motifs is 1. The molecule has 1 saturated carbocycles. The number of amides is 3. The number of hydrogen-bond acceptors (Lipinski definition) is 10. The summed E-state index contributed by atoms with van der Waals surface area (Å²) in [6.45, 7) is 0.0859. The van der Waals surface area contributed by atoms with Crippen LogP contribution in [0.1, 0.15) is 63.0 Å². The third kappa shape index (κ3) is 5.71. The lowest BCUT2D eigenvalue weighted by Gasteiger charge is -2.32. The van der Waals surface area contributed by atoms with E-state index in [9.17, 15) is 14.4 Å². The van der Waals surface area contributed by atoms with E-state index in [1.165, 1.54) is 19.1 Å². The van der Waals surface area contributed by atoms with E-state index in [0.717, 1.165) is 37.2 Å². The summed E-state index contributed by atoms with van der Waals surface area (Å²) < 4.78 is 25.9. The van der Waals surface area contributed by atoms with E-state index in [0.29, 0.717) is 34.1 Å². The van der Waals surface area contributed by atoms with E-state index in [4.69, 9.17) is 30.4 Å². The van der Waals surface area contributed by atoms with Gasteiger partial charge in [-0.25, -0.2) is 0 Å². The number of aromatic nitrogens is 1. The van der Waals surface area contributed by atoms with Crippen LogP contribution in [0, 0.1) is 0 Å². The van der Waals surface area contributed by atoms with Crippen molar-refractivity contribution in [3.8, 4) is 23.0 Å². The van der Waals surface area contributed by atoms with Crippen LogP contribution in [0.4, 0.5) is 5.69 Å². The molecule has 1 aliphatic carbocycles. The Balaban J connectivity index is 1.62. The van der Waals surface area contributed by atoms with Gasteiger partial charge in [-0.05, 0) is 59.8 Å². The predicted molar refractivity (Wildman–Crippen MR) is 150 cm³/mol. The molecule has 0 spiro atoms. The maximum absolute atomic E-state index is 14.2. The molecule has 2 aromatic carbocycles. The van der Waals surface area contributed by atoms with Gasteiger partial charge >= 0.3 is 0 Å². The Kier molecular flexibility index (Phi) is 8.15. The molecular weight excluding hydrogens is 550 g/mol. The van der Waals surface area contributed by atoms with Gasteiger partial charge in [0.05, 0.1) is 19.9 Å². The lowest BCUT2D eigenvalue weighted by Crippen LogP contribution is -2.45. The van der Waals surface area contributed by atoms with E-state index in [2.05, 4.69) is 9.69 Å². The normalized spacial score (nSPS) is 14.9. The highest BCUT2D eigenvalue weighted by Crippen LogP contribution is 2.37. The van der Waals surface area contributed by atoms with Crippen molar-refractivity contribution in [2.75, 3.05) is 26.7 Å². The molecule has 1 unspecified atom stereocenters.